The molecule has 0 amide bonds. The number of quaternary nitrogens is 2. The molecule has 3 atom stereocenters. The largest absolute Gasteiger partial charge is 0.335 e. The smallest absolute Gasteiger partial charge is 0.261 e. The van der Waals surface area contributed by atoms with Crippen LogP contribution in [0.4, 0.5) is 0 Å². The van der Waals surface area contributed by atoms with Gasteiger partial charge in [0.05, 0.1) is 10.9 Å². The van der Waals surface area contributed by atoms with E-state index in [1.54, 1.807) is 23.7 Å². The molecule has 1 unspecified atom stereocenters. The monoisotopic (exact) mass is 322 g/mol. The minimum absolute atomic E-state index is 0.0228. The van der Waals surface area contributed by atoms with Crippen molar-refractivity contribution in [1.82, 2.24) is 9.55 Å². The van der Waals surface area contributed by atoms with Gasteiger partial charge in [0, 0.05) is 12.1 Å². The maximum absolute atomic E-state index is 12.6. The number of nitrogens with two attached hydrogens (primary N) is 1. The summed E-state index contributed by atoms with van der Waals surface area (Å²) in [5.74, 6) is 0.851. The van der Waals surface area contributed by atoms with Gasteiger partial charge in [-0.05, 0) is 32.0 Å². The number of hydrogen-bond donors (Lipinski definition) is 2. The van der Waals surface area contributed by atoms with Gasteiger partial charge in [-0.2, -0.15) is 0 Å². The van der Waals surface area contributed by atoms with E-state index >= 15 is 0 Å². The minimum atomic E-state index is -0.0228. The van der Waals surface area contributed by atoms with Crippen molar-refractivity contribution in [3.63, 3.8) is 0 Å². The van der Waals surface area contributed by atoms with Crippen LogP contribution in [0.3, 0.4) is 0 Å². The summed E-state index contributed by atoms with van der Waals surface area (Å²) in [6, 6.07) is 6.13. The van der Waals surface area contributed by atoms with Crippen LogP contribution in [-0.4, -0.2) is 35.2 Å². The second-order valence-corrected chi connectivity index (χ2v) is 6.77. The number of piperazine rings is 1. The van der Waals surface area contributed by atoms with Crippen molar-refractivity contribution in [2.75, 3.05) is 19.6 Å². The van der Waals surface area contributed by atoms with E-state index in [-0.39, 0.29) is 11.6 Å². The second-order valence-electron chi connectivity index (χ2n) is 6.33. The predicted octanol–water partition coefficient (Wildman–Crippen LogP) is -0.502. The lowest BCUT2D eigenvalue weighted by Gasteiger charge is -2.31. The molecule has 118 valence electrons. The van der Waals surface area contributed by atoms with Gasteiger partial charge >= 0.3 is 0 Å². The van der Waals surface area contributed by atoms with Crippen LogP contribution in [0.2, 0.25) is 5.02 Å². The third-order valence-electron chi connectivity index (χ3n) is 4.69. The van der Waals surface area contributed by atoms with Gasteiger partial charge in [-0.25, -0.2) is 4.98 Å². The molecular weight excluding hydrogens is 300 g/mol. The summed E-state index contributed by atoms with van der Waals surface area (Å²) in [6.07, 6.45) is 0. The molecule has 2 aromatic rings. The van der Waals surface area contributed by atoms with Gasteiger partial charge in [0.2, 0.25) is 0 Å². The maximum Gasteiger partial charge on any atom is 0.261 e. The van der Waals surface area contributed by atoms with E-state index in [4.69, 9.17) is 16.6 Å². The highest BCUT2D eigenvalue weighted by Gasteiger charge is 2.30. The molecule has 0 radical (unpaired) electrons. The Bertz CT molecular complexity index is 758. The van der Waals surface area contributed by atoms with Crippen LogP contribution in [0.5, 0.6) is 0 Å². The summed E-state index contributed by atoms with van der Waals surface area (Å²) in [5.41, 5.74) is 0.704. The van der Waals surface area contributed by atoms with Crippen molar-refractivity contribution < 1.29 is 10.2 Å². The average molecular weight is 323 g/mol. The van der Waals surface area contributed by atoms with E-state index < -0.39 is 0 Å². The minimum Gasteiger partial charge on any atom is -0.335 e. The Morgan fingerprint density at radius 2 is 2.27 bits per heavy atom. The molecule has 6 heteroatoms. The molecule has 1 aromatic heterocycles. The van der Waals surface area contributed by atoms with Crippen LogP contribution in [0.15, 0.2) is 23.0 Å². The third-order valence-corrected chi connectivity index (χ3v) is 4.93. The van der Waals surface area contributed by atoms with Gasteiger partial charge in [-0.3, -0.25) is 9.36 Å². The highest BCUT2D eigenvalue weighted by molar-refractivity contribution is 6.31. The summed E-state index contributed by atoms with van der Waals surface area (Å²) in [6.45, 7) is 7.73. The molecule has 1 aliphatic rings. The Labute approximate surface area is 134 Å². The van der Waals surface area contributed by atoms with Crippen LogP contribution in [-0.2, 0) is 7.05 Å². The van der Waals surface area contributed by atoms with Crippen molar-refractivity contribution >= 4 is 22.5 Å². The lowest BCUT2D eigenvalue weighted by molar-refractivity contribution is -0.979. The van der Waals surface area contributed by atoms with E-state index in [9.17, 15) is 4.79 Å². The summed E-state index contributed by atoms with van der Waals surface area (Å²) in [7, 11) is 1.81. The second kappa shape index (κ2) is 5.99. The van der Waals surface area contributed by atoms with Gasteiger partial charge in [0.15, 0.2) is 5.82 Å². The van der Waals surface area contributed by atoms with Gasteiger partial charge in [-0.1, -0.05) is 11.6 Å². The van der Waals surface area contributed by atoms with E-state index in [0.717, 1.165) is 31.0 Å². The SMILES string of the molecule is C[C@H]1C[NH+]([C@@H](C)c2nc3ccc(Cl)cc3c(=O)n2C)CC[NH2+]1. The molecule has 0 spiro atoms. The molecule has 1 saturated heterocycles. The Morgan fingerprint density at radius 1 is 1.50 bits per heavy atom. The lowest BCUT2D eigenvalue weighted by Crippen LogP contribution is -3.22. The Kier molecular flexibility index (Phi) is 4.21. The summed E-state index contributed by atoms with van der Waals surface area (Å²) >= 11 is 6.00. The molecule has 3 rings (SSSR count). The van der Waals surface area contributed by atoms with Crippen molar-refractivity contribution in [3.8, 4) is 0 Å². The number of fused-ring (bicyclic) bond motifs is 1. The first kappa shape index (κ1) is 15.5. The van der Waals surface area contributed by atoms with Crippen molar-refractivity contribution in [3.05, 3.63) is 39.4 Å². The van der Waals surface area contributed by atoms with E-state index in [1.165, 1.54) is 4.90 Å². The molecule has 3 N–H and O–H groups in total. The van der Waals surface area contributed by atoms with Gasteiger partial charge in [-0.15, -0.1) is 0 Å². The average Bonchev–Trinajstić information content (AvgIpc) is 2.50. The zero-order valence-corrected chi connectivity index (χ0v) is 14.0. The highest BCUT2D eigenvalue weighted by atomic mass is 35.5. The van der Waals surface area contributed by atoms with Crippen LogP contribution in [0.25, 0.3) is 10.9 Å². The zero-order chi connectivity index (χ0) is 15.9. The number of nitrogens with one attached hydrogen (secondary N) is 1. The third kappa shape index (κ3) is 2.76. The standard InChI is InChI=1S/C16H21ClN4O/c1-10-9-21(7-6-18-10)11(2)15-19-14-5-4-12(17)8-13(14)16(22)20(15)3/h4-5,8,10-11,18H,6-7,9H2,1-3H3/p+2/t10-,11-/m0/s1. The fraction of sp³-hybridized carbons (Fsp3) is 0.500. The van der Waals surface area contributed by atoms with Crippen molar-refractivity contribution in [2.45, 2.75) is 25.9 Å². The van der Waals surface area contributed by atoms with Crippen molar-refractivity contribution in [1.29, 1.82) is 0 Å². The molecule has 0 bridgehead atoms. The lowest BCUT2D eigenvalue weighted by atomic mass is 10.1. The molecule has 0 aliphatic carbocycles. The highest BCUT2D eigenvalue weighted by Crippen LogP contribution is 2.16. The van der Waals surface area contributed by atoms with Crippen LogP contribution in [0.1, 0.15) is 25.7 Å². The predicted molar refractivity (Wildman–Crippen MR) is 87.4 cm³/mol. The molecular formula is C16H23ClN4O+2. The Hall–Kier alpha value is -1.43. The Morgan fingerprint density at radius 3 is 3.00 bits per heavy atom. The molecule has 2 heterocycles. The number of rotatable bonds is 2. The fourth-order valence-corrected chi connectivity index (χ4v) is 3.55. The number of aromatic nitrogens is 2. The first-order valence-electron chi connectivity index (χ1n) is 7.81. The van der Waals surface area contributed by atoms with Crippen LogP contribution < -0.4 is 15.8 Å². The molecule has 1 fully saturated rings. The van der Waals surface area contributed by atoms with Gasteiger partial charge < -0.3 is 10.2 Å². The zero-order valence-electron chi connectivity index (χ0n) is 13.3. The molecule has 1 aliphatic heterocycles. The molecule has 5 nitrogen and oxygen atoms in total. The summed E-state index contributed by atoms with van der Waals surface area (Å²) in [5, 5.41) is 3.53. The molecule has 1 aromatic carbocycles. The van der Waals surface area contributed by atoms with Gasteiger partial charge in [0.25, 0.3) is 5.56 Å². The first-order chi connectivity index (χ1) is 10.5. The van der Waals surface area contributed by atoms with Crippen LogP contribution >= 0.6 is 11.6 Å². The summed E-state index contributed by atoms with van der Waals surface area (Å²) < 4.78 is 1.68. The van der Waals surface area contributed by atoms with E-state index in [2.05, 4.69) is 19.2 Å². The number of nitrogens with zero attached hydrogens (tertiary/aromatic N) is 2. The number of hydrogen-bond acceptors (Lipinski definition) is 2. The first-order valence-corrected chi connectivity index (χ1v) is 8.19. The van der Waals surface area contributed by atoms with Crippen molar-refractivity contribution in [2.24, 2.45) is 7.05 Å². The molecule has 22 heavy (non-hydrogen) atoms. The topological polar surface area (TPSA) is 55.9 Å². The number of benzene rings is 1. The fourth-order valence-electron chi connectivity index (χ4n) is 3.38. The van der Waals surface area contributed by atoms with Crippen LogP contribution in [0, 0.1) is 0 Å². The van der Waals surface area contributed by atoms with E-state index in [0.29, 0.717) is 16.5 Å². The molecule has 0 saturated carbocycles. The van der Waals surface area contributed by atoms with E-state index in [1.807, 2.05) is 6.07 Å². The quantitative estimate of drug-likeness (QED) is 0.783. The van der Waals surface area contributed by atoms with Gasteiger partial charge in [0.1, 0.15) is 31.7 Å². The number of halogens is 1. The normalized spacial score (nSPS) is 23.6. The Balaban J connectivity index is 2.05. The summed E-state index contributed by atoms with van der Waals surface area (Å²) in [4.78, 5) is 18.8. The maximum atomic E-state index is 12.6.